The zero-order chi connectivity index (χ0) is 45.6. The average Bonchev–Trinajstić information content (AvgIpc) is 3.24. The van der Waals surface area contributed by atoms with Crippen molar-refractivity contribution in [3.05, 3.63) is 29.8 Å². The molecule has 0 unspecified atom stereocenters. The van der Waals surface area contributed by atoms with Gasteiger partial charge in [-0.05, 0) is 63.3 Å². The smallest absolute Gasteiger partial charge is 0.335 e. The maximum absolute atomic E-state index is 12.3. The number of aliphatic carboxylic acids is 1. The fraction of sp³-hybridized carbons (Fsp3) is 0.705. The molecule has 0 fully saturated rings. The van der Waals surface area contributed by atoms with E-state index in [1.165, 1.54) is 12.1 Å². The summed E-state index contributed by atoms with van der Waals surface area (Å²) >= 11 is 0. The molecule has 0 heterocycles. The van der Waals surface area contributed by atoms with Crippen LogP contribution in [-0.4, -0.2) is 137 Å². The number of Topliss-reactive ketones (excluding diaryl/α,β-unsaturated/α-hetero) is 1. The number of benzene rings is 1. The molecule has 1 aromatic rings. The summed E-state index contributed by atoms with van der Waals surface area (Å²) in [5, 5.41) is 29.1. The van der Waals surface area contributed by atoms with Gasteiger partial charge in [0.2, 0.25) is 23.6 Å². The predicted molar refractivity (Wildman–Crippen MR) is 230 cm³/mol. The number of aromatic carboxylic acids is 1. The highest BCUT2D eigenvalue weighted by Crippen LogP contribution is 2.15. The van der Waals surface area contributed by atoms with Crippen molar-refractivity contribution in [3.8, 4) is 5.75 Å². The molecular weight excluding hydrogens is 808 g/mol. The Balaban J connectivity index is 1.92. The molecule has 0 spiro atoms. The van der Waals surface area contributed by atoms with Crippen LogP contribution in [0.2, 0.25) is 0 Å². The molecule has 18 heteroatoms. The molecule has 0 aliphatic heterocycles. The van der Waals surface area contributed by atoms with Gasteiger partial charge in [-0.25, -0.2) is 9.59 Å². The quantitative estimate of drug-likeness (QED) is 0.0512. The molecule has 4 amide bonds. The van der Waals surface area contributed by atoms with Crippen molar-refractivity contribution in [1.29, 1.82) is 0 Å². The van der Waals surface area contributed by atoms with Crippen LogP contribution in [0.3, 0.4) is 0 Å². The second kappa shape index (κ2) is 37.0. The number of nitrogens with one attached hydrogen (secondary N) is 4. The van der Waals surface area contributed by atoms with Gasteiger partial charge in [0.1, 0.15) is 30.8 Å². The Kier molecular flexibility index (Phi) is 33.0. The van der Waals surface area contributed by atoms with Gasteiger partial charge in [-0.1, -0.05) is 58.3 Å². The summed E-state index contributed by atoms with van der Waals surface area (Å²) in [6.07, 6.45) is 11.5. The lowest BCUT2D eigenvalue weighted by atomic mass is 10.0. The molecule has 1 aromatic carbocycles. The lowest BCUT2D eigenvalue weighted by Crippen LogP contribution is -2.41. The Morgan fingerprint density at radius 2 is 1.05 bits per heavy atom. The van der Waals surface area contributed by atoms with E-state index in [4.69, 9.17) is 28.8 Å². The van der Waals surface area contributed by atoms with E-state index < -0.39 is 18.0 Å². The van der Waals surface area contributed by atoms with Crippen LogP contribution in [0.4, 0.5) is 0 Å². The van der Waals surface area contributed by atoms with E-state index in [9.17, 15) is 38.7 Å². The van der Waals surface area contributed by atoms with E-state index in [1.807, 2.05) is 6.92 Å². The Bertz CT molecular complexity index is 1430. The molecule has 0 aromatic heterocycles. The molecule has 2 atom stereocenters. The summed E-state index contributed by atoms with van der Waals surface area (Å²) in [4.78, 5) is 82.0. The predicted octanol–water partition coefficient (Wildman–Crippen LogP) is 3.82. The van der Waals surface area contributed by atoms with Crippen molar-refractivity contribution in [2.45, 2.75) is 116 Å². The van der Waals surface area contributed by atoms with Gasteiger partial charge in [0.25, 0.3) is 0 Å². The van der Waals surface area contributed by atoms with Crippen molar-refractivity contribution in [2.75, 3.05) is 79.1 Å². The zero-order valence-corrected chi connectivity index (χ0v) is 36.8. The van der Waals surface area contributed by atoms with Gasteiger partial charge < -0.3 is 55.2 Å². The summed E-state index contributed by atoms with van der Waals surface area (Å²) in [7, 11) is 0. The minimum absolute atomic E-state index is 0.0392. The first-order valence-electron chi connectivity index (χ1n) is 22.0. The van der Waals surface area contributed by atoms with Gasteiger partial charge in [0.05, 0.1) is 51.8 Å². The minimum Gasteiger partial charge on any atom is -0.494 e. The molecule has 6 N–H and O–H groups in total. The van der Waals surface area contributed by atoms with Crippen LogP contribution in [0, 0.1) is 5.92 Å². The summed E-state index contributed by atoms with van der Waals surface area (Å²) in [6, 6.07) is 5.21. The molecule has 18 nitrogen and oxygen atoms in total. The first-order valence-corrected chi connectivity index (χ1v) is 22.0. The fourth-order valence-corrected chi connectivity index (χ4v) is 5.80. The third-order valence-electron chi connectivity index (χ3n) is 9.64. The Morgan fingerprint density at radius 1 is 0.532 bits per heavy atom. The second-order valence-electron chi connectivity index (χ2n) is 15.0. The minimum atomic E-state index is -1.20. The van der Waals surface area contributed by atoms with Crippen LogP contribution < -0.4 is 26.0 Å². The van der Waals surface area contributed by atoms with E-state index in [0.29, 0.717) is 25.3 Å². The van der Waals surface area contributed by atoms with Crippen LogP contribution >= 0.6 is 0 Å². The highest BCUT2D eigenvalue weighted by Gasteiger charge is 2.21. The molecule has 0 aliphatic carbocycles. The van der Waals surface area contributed by atoms with Crippen LogP contribution in [-0.2, 0) is 47.7 Å². The number of rotatable bonds is 41. The first-order chi connectivity index (χ1) is 29.9. The third kappa shape index (κ3) is 32.1. The number of carbonyl (C=O) groups is 7. The van der Waals surface area contributed by atoms with Crippen molar-refractivity contribution >= 4 is 41.4 Å². The van der Waals surface area contributed by atoms with Gasteiger partial charge >= 0.3 is 11.9 Å². The van der Waals surface area contributed by atoms with Crippen LogP contribution in [0.5, 0.6) is 5.75 Å². The Labute approximate surface area is 366 Å². The van der Waals surface area contributed by atoms with E-state index in [-0.39, 0.29) is 126 Å². The van der Waals surface area contributed by atoms with Gasteiger partial charge in [0, 0.05) is 38.4 Å². The summed E-state index contributed by atoms with van der Waals surface area (Å²) in [5.74, 6) is -2.52. The van der Waals surface area contributed by atoms with E-state index in [1.54, 1.807) is 19.1 Å². The highest BCUT2D eigenvalue weighted by molar-refractivity contribution is 5.87. The number of ether oxygens (including phenoxy) is 5. The molecule has 0 saturated heterocycles. The van der Waals surface area contributed by atoms with Crippen molar-refractivity contribution < 1.29 is 67.5 Å². The number of hydrogen-bond acceptors (Lipinski definition) is 12. The van der Waals surface area contributed by atoms with E-state index >= 15 is 0 Å². The first kappa shape index (κ1) is 55.4. The fourth-order valence-electron chi connectivity index (χ4n) is 5.80. The Hall–Kier alpha value is -4.65. The number of carboxylic acid groups (broad SMARTS) is 2. The monoisotopic (exact) mass is 881 g/mol. The molecule has 0 aliphatic rings. The van der Waals surface area contributed by atoms with Gasteiger partial charge in [-0.15, -0.1) is 0 Å². The number of ketones is 1. The standard InChI is InChI=1S/C44H72N4O14/c1-34(35(2)49)14-11-12-22-45-41(52)32-60-30-29-59-27-24-47-42(53)33-61-31-28-58-26-23-46-39(50)21-20-38(44(56)57)48-40(51)15-10-8-6-4-3-5-7-9-13-25-62-37-18-16-36(17-19-37)43(54)55/h16-19,34,38H,3-15,20-33H2,1-2H3,(H,45,52)(H,46,50)(H,47,53)(H,48,51)(H,54,55)(H,56,57)/t34-,38-/m0/s1. The molecule has 1 rings (SSSR count). The largest absolute Gasteiger partial charge is 0.494 e. The third-order valence-corrected chi connectivity index (χ3v) is 9.64. The maximum atomic E-state index is 12.3. The van der Waals surface area contributed by atoms with Crippen molar-refractivity contribution in [3.63, 3.8) is 0 Å². The summed E-state index contributed by atoms with van der Waals surface area (Å²) in [5.41, 5.74) is 0.230. The highest BCUT2D eigenvalue weighted by atomic mass is 16.5. The second-order valence-corrected chi connectivity index (χ2v) is 15.0. The average molecular weight is 881 g/mol. The number of amides is 4. The number of hydrogen-bond donors (Lipinski definition) is 6. The van der Waals surface area contributed by atoms with Crippen LogP contribution in [0.25, 0.3) is 0 Å². The summed E-state index contributed by atoms with van der Waals surface area (Å²) in [6.45, 7) is 6.19. The van der Waals surface area contributed by atoms with Gasteiger partial charge in [-0.2, -0.15) is 0 Å². The van der Waals surface area contributed by atoms with Gasteiger partial charge in [0.15, 0.2) is 0 Å². The number of carboxylic acids is 2. The number of carbonyl (C=O) groups excluding carboxylic acids is 5. The van der Waals surface area contributed by atoms with Crippen molar-refractivity contribution in [1.82, 2.24) is 21.3 Å². The number of unbranched alkanes of at least 4 members (excludes halogenated alkanes) is 9. The molecule has 62 heavy (non-hydrogen) atoms. The maximum Gasteiger partial charge on any atom is 0.335 e. The Morgan fingerprint density at radius 3 is 1.60 bits per heavy atom. The lowest BCUT2D eigenvalue weighted by Gasteiger charge is -2.14. The SMILES string of the molecule is CC(=O)[C@@H](C)CCCCNC(=O)COCCOCCNC(=O)COCCOCCNC(=O)CC[C@H](NC(=O)CCCCCCCCCCCOc1ccc(C(=O)O)cc1)C(=O)O. The summed E-state index contributed by atoms with van der Waals surface area (Å²) < 4.78 is 27.0. The van der Waals surface area contributed by atoms with Gasteiger partial charge in [-0.3, -0.25) is 24.0 Å². The topological polar surface area (TPSA) is 254 Å². The van der Waals surface area contributed by atoms with Crippen LogP contribution in [0.15, 0.2) is 24.3 Å². The lowest BCUT2D eigenvalue weighted by molar-refractivity contribution is -0.142. The zero-order valence-electron chi connectivity index (χ0n) is 36.8. The molecule has 352 valence electrons. The van der Waals surface area contributed by atoms with Crippen molar-refractivity contribution in [2.24, 2.45) is 5.92 Å². The molecular formula is C44H72N4O14. The van der Waals surface area contributed by atoms with E-state index in [0.717, 1.165) is 70.6 Å². The molecule has 0 radical (unpaired) electrons. The van der Waals surface area contributed by atoms with E-state index in [2.05, 4.69) is 21.3 Å². The molecule has 0 bridgehead atoms. The normalized spacial score (nSPS) is 11.9. The molecule has 0 saturated carbocycles. The van der Waals surface area contributed by atoms with Crippen LogP contribution in [0.1, 0.15) is 121 Å².